The van der Waals surface area contributed by atoms with E-state index in [-0.39, 0.29) is 17.9 Å². The van der Waals surface area contributed by atoms with Crippen LogP contribution in [0.2, 0.25) is 0 Å². The molecule has 1 aromatic rings. The highest BCUT2D eigenvalue weighted by Crippen LogP contribution is 2.42. The molecule has 1 amide bonds. The second kappa shape index (κ2) is 6.71. The van der Waals surface area contributed by atoms with Crippen molar-refractivity contribution in [3.63, 3.8) is 0 Å². The molecular formula is C19H31N5O. The number of nitrogens with zero attached hydrogens (tertiary/aromatic N) is 3. The molecule has 3 unspecified atom stereocenters. The van der Waals surface area contributed by atoms with Crippen LogP contribution in [0.3, 0.4) is 0 Å². The molecule has 4 rings (SSSR count). The maximum Gasteiger partial charge on any atom is 0.223 e. The Labute approximate surface area is 149 Å². The van der Waals surface area contributed by atoms with E-state index in [1.165, 1.54) is 19.3 Å². The molecule has 2 heterocycles. The molecule has 0 radical (unpaired) electrons. The van der Waals surface area contributed by atoms with Gasteiger partial charge in [-0.2, -0.15) is 5.10 Å². The highest BCUT2D eigenvalue weighted by molar-refractivity contribution is 5.79. The van der Waals surface area contributed by atoms with Crippen molar-refractivity contribution in [1.29, 1.82) is 0 Å². The summed E-state index contributed by atoms with van der Waals surface area (Å²) in [6.45, 7) is 4.98. The van der Waals surface area contributed by atoms with Gasteiger partial charge < -0.3 is 11.1 Å². The molecule has 3 atom stereocenters. The van der Waals surface area contributed by atoms with E-state index in [4.69, 9.17) is 5.73 Å². The van der Waals surface area contributed by atoms with E-state index in [0.29, 0.717) is 23.8 Å². The van der Waals surface area contributed by atoms with Gasteiger partial charge in [0.2, 0.25) is 5.91 Å². The molecule has 25 heavy (non-hydrogen) atoms. The van der Waals surface area contributed by atoms with Crippen molar-refractivity contribution in [2.75, 3.05) is 0 Å². The third-order valence-corrected chi connectivity index (χ3v) is 6.52. The Morgan fingerprint density at radius 1 is 1.24 bits per heavy atom. The second-order valence-electron chi connectivity index (χ2n) is 8.66. The van der Waals surface area contributed by atoms with Gasteiger partial charge in [-0.25, -0.2) is 9.67 Å². The Bertz CT molecular complexity index is 626. The molecule has 2 bridgehead atoms. The fourth-order valence-electron chi connectivity index (χ4n) is 5.01. The van der Waals surface area contributed by atoms with Crippen LogP contribution in [0.1, 0.15) is 69.9 Å². The predicted octanol–water partition coefficient (Wildman–Crippen LogP) is 1.99. The number of nitrogens with one attached hydrogen (secondary N) is 1. The van der Waals surface area contributed by atoms with Crippen LogP contribution < -0.4 is 11.1 Å². The Hall–Kier alpha value is -1.43. The summed E-state index contributed by atoms with van der Waals surface area (Å²) < 4.78 is 2.00. The topological polar surface area (TPSA) is 85.8 Å². The number of carbonyl (C=O) groups is 1. The molecule has 1 aliphatic heterocycles. The number of hydrogen-bond donors (Lipinski definition) is 2. The van der Waals surface area contributed by atoms with Crippen LogP contribution in [-0.2, 0) is 17.8 Å². The lowest BCUT2D eigenvalue weighted by Crippen LogP contribution is -2.51. The van der Waals surface area contributed by atoms with Crippen molar-refractivity contribution in [1.82, 2.24) is 20.1 Å². The number of amides is 1. The average Bonchev–Trinajstić information content (AvgIpc) is 2.98. The van der Waals surface area contributed by atoms with Gasteiger partial charge in [0.05, 0.1) is 6.54 Å². The van der Waals surface area contributed by atoms with E-state index in [1.54, 1.807) is 0 Å². The lowest BCUT2D eigenvalue weighted by molar-refractivity contribution is -0.128. The van der Waals surface area contributed by atoms with Crippen LogP contribution in [0.15, 0.2) is 0 Å². The lowest BCUT2D eigenvalue weighted by Gasteiger charge is -2.43. The molecule has 0 saturated heterocycles. The van der Waals surface area contributed by atoms with Gasteiger partial charge in [0.1, 0.15) is 5.82 Å². The molecule has 3 aliphatic rings. The zero-order valence-electron chi connectivity index (χ0n) is 15.4. The molecule has 0 spiro atoms. The van der Waals surface area contributed by atoms with Crippen molar-refractivity contribution in [2.24, 2.45) is 23.5 Å². The van der Waals surface area contributed by atoms with E-state index in [0.717, 1.165) is 43.9 Å². The van der Waals surface area contributed by atoms with Crippen LogP contribution in [0.25, 0.3) is 0 Å². The van der Waals surface area contributed by atoms with Crippen LogP contribution >= 0.6 is 0 Å². The zero-order valence-corrected chi connectivity index (χ0v) is 15.4. The minimum atomic E-state index is 0.151. The summed E-state index contributed by atoms with van der Waals surface area (Å²) in [5.74, 6) is 3.80. The quantitative estimate of drug-likeness (QED) is 0.877. The first kappa shape index (κ1) is 17.0. The van der Waals surface area contributed by atoms with Crippen molar-refractivity contribution < 1.29 is 4.79 Å². The summed E-state index contributed by atoms with van der Waals surface area (Å²) in [7, 11) is 0. The molecule has 6 heteroatoms. The Morgan fingerprint density at radius 2 is 1.96 bits per heavy atom. The summed E-state index contributed by atoms with van der Waals surface area (Å²) in [5.41, 5.74) is 6.36. The highest BCUT2D eigenvalue weighted by Gasteiger charge is 2.41. The first-order valence-electron chi connectivity index (χ1n) is 10.0. The number of fused-ring (bicyclic) bond motifs is 3. The third-order valence-electron chi connectivity index (χ3n) is 6.52. The van der Waals surface area contributed by atoms with E-state index < -0.39 is 0 Å². The van der Waals surface area contributed by atoms with Crippen molar-refractivity contribution >= 4 is 5.91 Å². The summed E-state index contributed by atoms with van der Waals surface area (Å²) in [5, 5.41) is 7.92. The van der Waals surface area contributed by atoms with E-state index in [1.807, 2.05) is 4.68 Å². The standard InChI is InChI=1S/C19H31N5O/c1-11(2)18-22-16-7-6-15(10-24(16)23-18)21-19(25)14-8-12-4-3-5-13(9-14)17(12)20/h11-15,17H,3-10,20H2,1-2H3,(H,21,25). The molecule has 6 nitrogen and oxygen atoms in total. The molecule has 2 saturated carbocycles. The number of nitrogens with two attached hydrogens (primary N) is 1. The van der Waals surface area contributed by atoms with Gasteiger partial charge in [0.25, 0.3) is 0 Å². The SMILES string of the molecule is CC(C)c1nc2n(n1)CC(NC(=O)C1CC3CCCC(C1)C3N)CC2. The monoisotopic (exact) mass is 345 g/mol. The first-order chi connectivity index (χ1) is 12.0. The van der Waals surface area contributed by atoms with Gasteiger partial charge in [-0.05, 0) is 43.9 Å². The first-order valence-corrected chi connectivity index (χ1v) is 10.0. The van der Waals surface area contributed by atoms with Crippen molar-refractivity contribution in [2.45, 2.75) is 83.3 Å². The predicted molar refractivity (Wildman–Crippen MR) is 95.9 cm³/mol. The minimum absolute atomic E-state index is 0.151. The zero-order chi connectivity index (χ0) is 17.6. The lowest BCUT2D eigenvalue weighted by atomic mass is 9.65. The summed E-state index contributed by atoms with van der Waals surface area (Å²) >= 11 is 0. The highest BCUT2D eigenvalue weighted by atomic mass is 16.2. The molecule has 138 valence electrons. The molecule has 2 fully saturated rings. The molecular weight excluding hydrogens is 314 g/mol. The van der Waals surface area contributed by atoms with Gasteiger partial charge in [-0.15, -0.1) is 0 Å². The van der Waals surface area contributed by atoms with Gasteiger partial charge in [0.15, 0.2) is 5.82 Å². The number of carbonyl (C=O) groups excluding carboxylic acids is 1. The summed E-state index contributed by atoms with van der Waals surface area (Å²) in [6, 6.07) is 0.497. The number of rotatable bonds is 3. The summed E-state index contributed by atoms with van der Waals surface area (Å²) in [4.78, 5) is 17.5. The summed E-state index contributed by atoms with van der Waals surface area (Å²) in [6.07, 6.45) is 7.49. The smallest absolute Gasteiger partial charge is 0.223 e. The van der Waals surface area contributed by atoms with Crippen molar-refractivity contribution in [3.05, 3.63) is 11.6 Å². The minimum Gasteiger partial charge on any atom is -0.351 e. The molecule has 3 N–H and O–H groups in total. The molecule has 1 aromatic heterocycles. The molecule has 0 aromatic carbocycles. The number of aryl methyl sites for hydroxylation is 1. The Morgan fingerprint density at radius 3 is 2.64 bits per heavy atom. The van der Waals surface area contributed by atoms with Gasteiger partial charge in [-0.1, -0.05) is 20.3 Å². The van der Waals surface area contributed by atoms with Crippen LogP contribution in [-0.4, -0.2) is 32.8 Å². The van der Waals surface area contributed by atoms with Crippen LogP contribution in [0.4, 0.5) is 0 Å². The fourth-order valence-corrected chi connectivity index (χ4v) is 5.01. The van der Waals surface area contributed by atoms with Crippen molar-refractivity contribution in [3.8, 4) is 0 Å². The number of aromatic nitrogens is 3. The van der Waals surface area contributed by atoms with Gasteiger partial charge in [-0.3, -0.25) is 4.79 Å². The Balaban J connectivity index is 1.37. The molecule has 2 aliphatic carbocycles. The van der Waals surface area contributed by atoms with Gasteiger partial charge >= 0.3 is 0 Å². The number of hydrogen-bond acceptors (Lipinski definition) is 4. The fraction of sp³-hybridized carbons (Fsp3) is 0.842. The van der Waals surface area contributed by atoms with E-state index >= 15 is 0 Å². The largest absolute Gasteiger partial charge is 0.351 e. The second-order valence-corrected chi connectivity index (χ2v) is 8.66. The van der Waals surface area contributed by atoms with Crippen LogP contribution in [0.5, 0.6) is 0 Å². The Kier molecular flexibility index (Phi) is 4.56. The maximum absolute atomic E-state index is 12.8. The average molecular weight is 345 g/mol. The van der Waals surface area contributed by atoms with E-state index in [9.17, 15) is 4.79 Å². The maximum atomic E-state index is 12.8. The van der Waals surface area contributed by atoms with Crippen LogP contribution in [0, 0.1) is 17.8 Å². The van der Waals surface area contributed by atoms with E-state index in [2.05, 4.69) is 29.2 Å². The normalized spacial score (nSPS) is 34.6. The van der Waals surface area contributed by atoms with Gasteiger partial charge in [0, 0.05) is 30.3 Å². The third kappa shape index (κ3) is 3.33.